The highest BCUT2D eigenvalue weighted by atomic mass is 35.5. The number of nitrogens with zero attached hydrogens (tertiary/aromatic N) is 1. The number of halogens is 1. The maximum atomic E-state index is 12.7. The molecule has 0 saturated heterocycles. The van der Waals surface area contributed by atoms with Crippen LogP contribution in [0.25, 0.3) is 10.9 Å². The number of rotatable bonds is 9. The number of amides is 1. The molecule has 6 heteroatoms. The van der Waals surface area contributed by atoms with E-state index >= 15 is 0 Å². The van der Waals surface area contributed by atoms with Gasteiger partial charge in [0.25, 0.3) is 0 Å². The second-order valence-corrected chi connectivity index (χ2v) is 8.33. The van der Waals surface area contributed by atoms with Gasteiger partial charge in [-0.1, -0.05) is 48.0 Å². The Morgan fingerprint density at radius 1 is 0.939 bits per heavy atom. The Kier molecular flexibility index (Phi) is 7.20. The van der Waals surface area contributed by atoms with Crippen molar-refractivity contribution in [3.63, 3.8) is 0 Å². The predicted molar refractivity (Wildman–Crippen MR) is 132 cm³/mol. The van der Waals surface area contributed by atoms with Gasteiger partial charge >= 0.3 is 0 Å². The Morgan fingerprint density at radius 3 is 2.42 bits per heavy atom. The molecule has 1 N–H and O–H groups in total. The third-order valence-electron chi connectivity index (χ3n) is 5.67. The number of methoxy groups -OCH3 is 2. The minimum absolute atomic E-state index is 0.00451. The van der Waals surface area contributed by atoms with Crippen molar-refractivity contribution in [2.75, 3.05) is 20.8 Å². The first-order chi connectivity index (χ1) is 16.1. The Morgan fingerprint density at radius 2 is 1.67 bits per heavy atom. The Hall–Kier alpha value is -3.44. The first-order valence-corrected chi connectivity index (χ1v) is 11.2. The van der Waals surface area contributed by atoms with Crippen molar-refractivity contribution in [1.29, 1.82) is 0 Å². The molecule has 0 atom stereocenters. The lowest BCUT2D eigenvalue weighted by Gasteiger charge is -2.10. The SMILES string of the molecule is COc1ccc(CCNC(=O)Cc2cn(Cc3ccc(Cl)cc3)c3ccccc23)cc1OC. The van der Waals surface area contributed by atoms with Crippen LogP contribution in [0.3, 0.4) is 0 Å². The fourth-order valence-electron chi connectivity index (χ4n) is 4.00. The van der Waals surface area contributed by atoms with Crippen molar-refractivity contribution >= 4 is 28.4 Å². The number of carbonyl (C=O) groups excluding carboxylic acids is 1. The van der Waals surface area contributed by atoms with Gasteiger partial charge in [0.2, 0.25) is 5.91 Å². The number of hydrogen-bond donors (Lipinski definition) is 1. The van der Waals surface area contributed by atoms with Gasteiger partial charge < -0.3 is 19.4 Å². The molecule has 0 saturated carbocycles. The van der Waals surface area contributed by atoms with Crippen LogP contribution in [0.5, 0.6) is 11.5 Å². The number of ether oxygens (including phenoxy) is 2. The summed E-state index contributed by atoms with van der Waals surface area (Å²) in [6.45, 7) is 1.27. The topological polar surface area (TPSA) is 52.5 Å². The average molecular weight is 463 g/mol. The number of fused-ring (bicyclic) bond motifs is 1. The standard InChI is InChI=1S/C27H27ClN2O3/c1-32-25-12-9-19(15-26(25)33-2)13-14-29-27(31)16-21-18-30(24-6-4-3-5-23(21)24)17-20-7-10-22(28)11-8-20/h3-12,15,18H,13-14,16-17H2,1-2H3,(H,29,31). The zero-order valence-corrected chi connectivity index (χ0v) is 19.6. The number of para-hydroxylation sites is 1. The van der Waals surface area contributed by atoms with Crippen molar-refractivity contribution < 1.29 is 14.3 Å². The Labute approximate surface area is 198 Å². The zero-order valence-electron chi connectivity index (χ0n) is 18.8. The monoisotopic (exact) mass is 462 g/mol. The highest BCUT2D eigenvalue weighted by Crippen LogP contribution is 2.27. The largest absolute Gasteiger partial charge is 0.493 e. The number of carbonyl (C=O) groups is 1. The fourth-order valence-corrected chi connectivity index (χ4v) is 4.12. The molecule has 0 aliphatic carbocycles. The van der Waals surface area contributed by atoms with Crippen LogP contribution >= 0.6 is 11.6 Å². The highest BCUT2D eigenvalue weighted by molar-refractivity contribution is 6.30. The molecule has 33 heavy (non-hydrogen) atoms. The van der Waals surface area contributed by atoms with Gasteiger partial charge in [0.05, 0.1) is 20.6 Å². The van der Waals surface area contributed by atoms with Crippen LogP contribution < -0.4 is 14.8 Å². The number of aromatic nitrogens is 1. The maximum Gasteiger partial charge on any atom is 0.224 e. The summed E-state index contributed by atoms with van der Waals surface area (Å²) in [7, 11) is 3.23. The molecular formula is C27H27ClN2O3. The van der Waals surface area contributed by atoms with Crippen molar-refractivity contribution in [3.05, 3.63) is 94.6 Å². The Bertz CT molecular complexity index is 1250. The minimum atomic E-state index is 0.00451. The summed E-state index contributed by atoms with van der Waals surface area (Å²) in [4.78, 5) is 12.7. The maximum absolute atomic E-state index is 12.7. The molecule has 4 aromatic rings. The fraction of sp³-hybridized carbons (Fsp3) is 0.222. The number of hydrogen-bond acceptors (Lipinski definition) is 3. The molecule has 1 aromatic heterocycles. The van der Waals surface area contributed by atoms with E-state index in [4.69, 9.17) is 21.1 Å². The molecule has 0 aliphatic heterocycles. The molecule has 1 heterocycles. The molecule has 0 unspecified atom stereocenters. The van der Waals surface area contributed by atoms with Gasteiger partial charge in [-0.3, -0.25) is 4.79 Å². The summed E-state index contributed by atoms with van der Waals surface area (Å²) in [5, 5.41) is 4.86. The van der Waals surface area contributed by atoms with Gasteiger partial charge in [0.1, 0.15) is 0 Å². The van der Waals surface area contributed by atoms with Crippen LogP contribution in [0.2, 0.25) is 5.02 Å². The first-order valence-electron chi connectivity index (χ1n) is 10.9. The third-order valence-corrected chi connectivity index (χ3v) is 5.92. The van der Waals surface area contributed by atoms with E-state index in [-0.39, 0.29) is 5.91 Å². The normalized spacial score (nSPS) is 10.9. The van der Waals surface area contributed by atoms with Crippen LogP contribution in [-0.4, -0.2) is 31.2 Å². The van der Waals surface area contributed by atoms with Gasteiger partial charge in [-0.2, -0.15) is 0 Å². The molecule has 1 amide bonds. The van der Waals surface area contributed by atoms with E-state index in [2.05, 4.69) is 28.2 Å². The molecule has 0 fully saturated rings. The van der Waals surface area contributed by atoms with E-state index in [1.54, 1.807) is 14.2 Å². The van der Waals surface area contributed by atoms with Crippen LogP contribution in [-0.2, 0) is 24.2 Å². The van der Waals surface area contributed by atoms with Gasteiger partial charge in [0, 0.05) is 35.2 Å². The zero-order chi connectivity index (χ0) is 23.2. The van der Waals surface area contributed by atoms with E-state index in [1.807, 2.05) is 54.6 Å². The number of benzene rings is 3. The van der Waals surface area contributed by atoms with Gasteiger partial charge in [-0.15, -0.1) is 0 Å². The van der Waals surface area contributed by atoms with Crippen LogP contribution in [0, 0.1) is 0 Å². The van der Waals surface area contributed by atoms with Crippen molar-refractivity contribution in [2.24, 2.45) is 0 Å². The van der Waals surface area contributed by atoms with E-state index in [9.17, 15) is 4.79 Å². The van der Waals surface area contributed by atoms with Gasteiger partial charge in [0.15, 0.2) is 11.5 Å². The summed E-state index contributed by atoms with van der Waals surface area (Å²) in [6.07, 6.45) is 3.12. The molecule has 0 spiro atoms. The van der Waals surface area contributed by atoms with Crippen molar-refractivity contribution in [1.82, 2.24) is 9.88 Å². The third kappa shape index (κ3) is 5.49. The van der Waals surface area contributed by atoms with E-state index in [0.29, 0.717) is 30.9 Å². The minimum Gasteiger partial charge on any atom is -0.493 e. The van der Waals surface area contributed by atoms with E-state index < -0.39 is 0 Å². The van der Waals surface area contributed by atoms with Crippen molar-refractivity contribution in [2.45, 2.75) is 19.4 Å². The molecule has 5 nitrogen and oxygen atoms in total. The summed E-state index contributed by atoms with van der Waals surface area (Å²) >= 11 is 6.02. The second kappa shape index (κ2) is 10.5. The van der Waals surface area contributed by atoms with Gasteiger partial charge in [-0.05, 0) is 53.4 Å². The van der Waals surface area contributed by atoms with Crippen LogP contribution in [0.4, 0.5) is 0 Å². The van der Waals surface area contributed by atoms with Crippen LogP contribution in [0.1, 0.15) is 16.7 Å². The molecule has 0 radical (unpaired) electrons. The van der Waals surface area contributed by atoms with Crippen molar-refractivity contribution in [3.8, 4) is 11.5 Å². The van der Waals surface area contributed by atoms with Crippen LogP contribution in [0.15, 0.2) is 72.9 Å². The van der Waals surface area contributed by atoms with E-state index in [1.165, 1.54) is 0 Å². The average Bonchev–Trinajstić information content (AvgIpc) is 3.17. The Balaban J connectivity index is 1.41. The summed E-state index contributed by atoms with van der Waals surface area (Å²) in [5.74, 6) is 1.39. The summed E-state index contributed by atoms with van der Waals surface area (Å²) in [6, 6.07) is 21.8. The lowest BCUT2D eigenvalue weighted by Crippen LogP contribution is -2.27. The molecule has 0 bridgehead atoms. The first kappa shape index (κ1) is 22.7. The molecule has 170 valence electrons. The molecule has 0 aliphatic rings. The van der Waals surface area contributed by atoms with E-state index in [0.717, 1.165) is 39.2 Å². The predicted octanol–water partition coefficient (Wildman–Crippen LogP) is 5.26. The molecular weight excluding hydrogens is 436 g/mol. The van der Waals surface area contributed by atoms with Gasteiger partial charge in [-0.25, -0.2) is 0 Å². The second-order valence-electron chi connectivity index (χ2n) is 7.89. The summed E-state index contributed by atoms with van der Waals surface area (Å²) in [5.41, 5.74) is 4.36. The highest BCUT2D eigenvalue weighted by Gasteiger charge is 2.12. The quantitative estimate of drug-likeness (QED) is 0.369. The smallest absolute Gasteiger partial charge is 0.224 e. The number of nitrogens with one attached hydrogen (secondary N) is 1. The molecule has 3 aromatic carbocycles. The summed E-state index contributed by atoms with van der Waals surface area (Å²) < 4.78 is 12.8. The lowest BCUT2D eigenvalue weighted by atomic mass is 10.1. The lowest BCUT2D eigenvalue weighted by molar-refractivity contribution is -0.120. The molecule has 4 rings (SSSR count).